The number of nitrogens with zero attached hydrogens (tertiary/aromatic N) is 2. The summed E-state index contributed by atoms with van der Waals surface area (Å²) in [6, 6.07) is 16.3. The summed E-state index contributed by atoms with van der Waals surface area (Å²) in [7, 11) is 0. The van der Waals surface area contributed by atoms with Gasteiger partial charge in [0.05, 0.1) is 21.3 Å². The third-order valence-electron chi connectivity index (χ3n) is 4.99. The average molecular weight is 531 g/mol. The number of benzene rings is 3. The van der Waals surface area contributed by atoms with Crippen molar-refractivity contribution in [3.05, 3.63) is 99.8 Å². The quantitative estimate of drug-likeness (QED) is 0.242. The lowest BCUT2D eigenvalue weighted by Gasteiger charge is -2.12. The minimum absolute atomic E-state index is 0.0364. The molecule has 0 spiro atoms. The molecule has 0 aliphatic rings. The van der Waals surface area contributed by atoms with Gasteiger partial charge < -0.3 is 4.74 Å². The molecule has 0 N–H and O–H groups in total. The number of aromatic nitrogens is 2. The van der Waals surface area contributed by atoms with Crippen LogP contribution in [0.4, 0.5) is 26.3 Å². The van der Waals surface area contributed by atoms with Crippen molar-refractivity contribution in [3.8, 4) is 22.6 Å². The minimum Gasteiger partial charge on any atom is -0.487 e. The first-order chi connectivity index (χ1) is 16.4. The van der Waals surface area contributed by atoms with Gasteiger partial charge >= 0.3 is 12.4 Å². The van der Waals surface area contributed by atoms with Crippen LogP contribution >= 0.6 is 23.2 Å². The molecule has 0 saturated carbocycles. The Morgan fingerprint density at radius 3 is 1.97 bits per heavy atom. The molecule has 35 heavy (non-hydrogen) atoms. The summed E-state index contributed by atoms with van der Waals surface area (Å²) in [5.41, 5.74) is -0.947. The van der Waals surface area contributed by atoms with Crippen molar-refractivity contribution in [1.29, 1.82) is 0 Å². The SMILES string of the molecule is FC(F)(F)c1cccc(-c2ccc(OCc3cc(C(F)(F)F)nn3-c3c(Cl)cccc3Cl)cc2)c1. The summed E-state index contributed by atoms with van der Waals surface area (Å²) in [6.07, 6.45) is -9.18. The molecule has 0 saturated heterocycles. The predicted molar refractivity (Wildman–Crippen MR) is 120 cm³/mol. The van der Waals surface area contributed by atoms with E-state index >= 15 is 0 Å². The van der Waals surface area contributed by atoms with E-state index in [9.17, 15) is 26.3 Å². The average Bonchev–Trinajstić information content (AvgIpc) is 3.22. The van der Waals surface area contributed by atoms with Crippen molar-refractivity contribution in [2.45, 2.75) is 19.0 Å². The third kappa shape index (κ3) is 5.57. The van der Waals surface area contributed by atoms with Gasteiger partial charge in [-0.2, -0.15) is 31.4 Å². The zero-order valence-electron chi connectivity index (χ0n) is 17.5. The molecule has 1 aromatic heterocycles. The summed E-state index contributed by atoms with van der Waals surface area (Å²) in [5, 5.41) is 3.81. The molecular weight excluding hydrogens is 517 g/mol. The van der Waals surface area contributed by atoms with Gasteiger partial charge in [-0.15, -0.1) is 0 Å². The Bertz CT molecular complexity index is 1330. The van der Waals surface area contributed by atoms with Crippen LogP contribution in [0.1, 0.15) is 17.0 Å². The van der Waals surface area contributed by atoms with E-state index in [1.54, 1.807) is 18.2 Å². The maximum absolute atomic E-state index is 13.3. The van der Waals surface area contributed by atoms with E-state index < -0.39 is 23.6 Å². The molecule has 0 bridgehead atoms. The minimum atomic E-state index is -4.71. The van der Waals surface area contributed by atoms with E-state index in [4.69, 9.17) is 27.9 Å². The predicted octanol–water partition coefficient (Wildman–Crippen LogP) is 8.46. The molecule has 11 heteroatoms. The van der Waals surface area contributed by atoms with Crippen molar-refractivity contribution in [1.82, 2.24) is 9.78 Å². The highest BCUT2D eigenvalue weighted by Crippen LogP contribution is 2.35. The summed E-state index contributed by atoms with van der Waals surface area (Å²) in [6.45, 7) is -0.312. The third-order valence-corrected chi connectivity index (χ3v) is 5.60. The number of rotatable bonds is 5. The highest BCUT2D eigenvalue weighted by atomic mass is 35.5. The van der Waals surface area contributed by atoms with Crippen molar-refractivity contribution in [2.24, 2.45) is 0 Å². The van der Waals surface area contributed by atoms with Gasteiger partial charge in [0.25, 0.3) is 0 Å². The Morgan fingerprint density at radius 2 is 1.37 bits per heavy atom. The number of halogens is 8. The summed E-state index contributed by atoms with van der Waals surface area (Å²) in [4.78, 5) is 0. The molecule has 4 aromatic rings. The first-order valence-electron chi connectivity index (χ1n) is 9.94. The monoisotopic (exact) mass is 530 g/mol. The molecule has 182 valence electrons. The smallest absolute Gasteiger partial charge is 0.435 e. The second-order valence-corrected chi connectivity index (χ2v) is 8.21. The molecule has 0 fully saturated rings. The highest BCUT2D eigenvalue weighted by Gasteiger charge is 2.35. The summed E-state index contributed by atoms with van der Waals surface area (Å²) in [5.74, 6) is 0.285. The van der Waals surface area contributed by atoms with Gasteiger partial charge in [0.2, 0.25) is 0 Å². The lowest BCUT2D eigenvalue weighted by molar-refractivity contribution is -0.141. The van der Waals surface area contributed by atoms with E-state index in [2.05, 4.69) is 5.10 Å². The van der Waals surface area contributed by atoms with Crippen molar-refractivity contribution in [3.63, 3.8) is 0 Å². The van der Waals surface area contributed by atoms with Crippen molar-refractivity contribution < 1.29 is 31.1 Å². The Balaban J connectivity index is 1.59. The van der Waals surface area contributed by atoms with Gasteiger partial charge in [-0.1, -0.05) is 53.5 Å². The normalized spacial score (nSPS) is 12.1. The van der Waals surface area contributed by atoms with E-state index in [-0.39, 0.29) is 33.8 Å². The second-order valence-electron chi connectivity index (χ2n) is 7.39. The van der Waals surface area contributed by atoms with Gasteiger partial charge in [0, 0.05) is 0 Å². The van der Waals surface area contributed by atoms with Gasteiger partial charge in [0.15, 0.2) is 5.69 Å². The maximum atomic E-state index is 13.3. The Morgan fingerprint density at radius 1 is 0.743 bits per heavy atom. The zero-order valence-corrected chi connectivity index (χ0v) is 19.0. The molecule has 0 amide bonds. The highest BCUT2D eigenvalue weighted by molar-refractivity contribution is 6.37. The molecule has 4 rings (SSSR count). The molecule has 3 nitrogen and oxygen atoms in total. The molecule has 0 unspecified atom stereocenters. The Labute approximate surface area is 205 Å². The fraction of sp³-hybridized carbons (Fsp3) is 0.125. The van der Waals surface area contributed by atoms with Crippen LogP contribution in [0.25, 0.3) is 16.8 Å². The topological polar surface area (TPSA) is 27.1 Å². The molecule has 0 aliphatic heterocycles. The standard InChI is InChI=1S/C24H14Cl2F6N2O/c25-19-5-2-6-20(26)22(19)34-17(12-21(33-34)24(30,31)32)13-35-18-9-7-14(8-10-18)15-3-1-4-16(11-15)23(27,28)29/h1-12H,13H2. The summed E-state index contributed by atoms with van der Waals surface area (Å²) < 4.78 is 85.5. The van der Waals surface area contributed by atoms with E-state index in [1.807, 2.05) is 0 Å². The van der Waals surface area contributed by atoms with Crippen LogP contribution in [-0.2, 0) is 19.0 Å². The number of alkyl halides is 6. The van der Waals surface area contributed by atoms with Gasteiger partial charge in [-0.3, -0.25) is 0 Å². The first kappa shape index (κ1) is 24.9. The Kier molecular flexibility index (Phi) is 6.75. The van der Waals surface area contributed by atoms with Crippen LogP contribution in [0.2, 0.25) is 10.0 Å². The van der Waals surface area contributed by atoms with E-state index in [0.29, 0.717) is 11.1 Å². The lowest BCUT2D eigenvalue weighted by atomic mass is 10.0. The largest absolute Gasteiger partial charge is 0.487 e. The molecule has 3 aromatic carbocycles. The zero-order chi connectivity index (χ0) is 25.4. The van der Waals surface area contributed by atoms with Crippen LogP contribution in [0.5, 0.6) is 5.75 Å². The summed E-state index contributed by atoms with van der Waals surface area (Å²) >= 11 is 12.3. The molecule has 0 atom stereocenters. The van der Waals surface area contributed by atoms with Crippen LogP contribution in [0.15, 0.2) is 72.8 Å². The fourth-order valence-electron chi connectivity index (χ4n) is 3.32. The Hall–Kier alpha value is -3.17. The number of hydrogen-bond donors (Lipinski definition) is 0. The second kappa shape index (κ2) is 9.47. The molecule has 0 aliphatic carbocycles. The number of para-hydroxylation sites is 1. The van der Waals surface area contributed by atoms with Gasteiger partial charge in [-0.25, -0.2) is 4.68 Å². The van der Waals surface area contributed by atoms with Crippen LogP contribution in [0.3, 0.4) is 0 Å². The van der Waals surface area contributed by atoms with E-state index in [0.717, 1.165) is 22.9 Å². The molecule has 0 radical (unpaired) electrons. The first-order valence-corrected chi connectivity index (χ1v) is 10.7. The van der Waals surface area contributed by atoms with Crippen LogP contribution < -0.4 is 4.74 Å². The lowest BCUT2D eigenvalue weighted by Crippen LogP contribution is -2.09. The maximum Gasteiger partial charge on any atom is 0.435 e. The fourth-order valence-corrected chi connectivity index (χ4v) is 3.88. The van der Waals surface area contributed by atoms with Crippen molar-refractivity contribution >= 4 is 23.2 Å². The van der Waals surface area contributed by atoms with Gasteiger partial charge in [0.1, 0.15) is 18.0 Å². The van der Waals surface area contributed by atoms with Crippen molar-refractivity contribution in [2.75, 3.05) is 0 Å². The van der Waals surface area contributed by atoms with Gasteiger partial charge in [-0.05, 0) is 53.6 Å². The van der Waals surface area contributed by atoms with Crippen LogP contribution in [0, 0.1) is 0 Å². The molecular formula is C24H14Cl2F6N2O. The van der Waals surface area contributed by atoms with Crippen LogP contribution in [-0.4, -0.2) is 9.78 Å². The molecule has 1 heterocycles. The van der Waals surface area contributed by atoms with E-state index in [1.165, 1.54) is 36.4 Å². The number of ether oxygens (including phenoxy) is 1. The number of hydrogen-bond acceptors (Lipinski definition) is 2.